The molecule has 1 fully saturated rings. The minimum atomic E-state index is 0. The maximum absolute atomic E-state index is 5.72. The topological polar surface area (TPSA) is 41.7 Å². The van der Waals surface area contributed by atoms with Gasteiger partial charge in [-0.25, -0.2) is 0 Å². The zero-order valence-corrected chi connectivity index (χ0v) is 15.0. The van der Waals surface area contributed by atoms with Crippen LogP contribution in [0.2, 0.25) is 0 Å². The molecule has 5 heteroatoms. The molecule has 0 saturated carbocycles. The lowest BCUT2D eigenvalue weighted by Crippen LogP contribution is -2.46. The summed E-state index contributed by atoms with van der Waals surface area (Å²) in [6.45, 7) is 8.88. The average molecular weight is 342 g/mol. The van der Waals surface area contributed by atoms with Crippen molar-refractivity contribution in [3.05, 3.63) is 30.3 Å². The predicted molar refractivity (Wildman–Crippen MR) is 99.6 cm³/mol. The Balaban J connectivity index is 0.00000264. The van der Waals surface area contributed by atoms with Crippen LogP contribution in [0.4, 0.5) is 0 Å². The predicted octanol–water partition coefficient (Wildman–Crippen LogP) is 2.62. The average Bonchev–Trinajstić information content (AvgIpc) is 2.58. The van der Waals surface area contributed by atoms with Crippen LogP contribution in [0.1, 0.15) is 25.7 Å². The maximum Gasteiger partial charge on any atom is 0.119 e. The number of nitrogens with two attached hydrogens (primary N) is 1. The SMILES string of the molecule is Cl.NCCCN1CCN(CCCCCOc2ccccc2)CC1. The molecule has 0 amide bonds. The molecule has 2 rings (SSSR count). The second-order valence-corrected chi connectivity index (χ2v) is 6.05. The van der Waals surface area contributed by atoms with E-state index in [1.54, 1.807) is 0 Å². The van der Waals surface area contributed by atoms with Crippen LogP contribution in [0.25, 0.3) is 0 Å². The van der Waals surface area contributed by atoms with Crippen LogP contribution in [0.15, 0.2) is 30.3 Å². The first-order valence-corrected chi connectivity index (χ1v) is 8.71. The molecule has 0 unspecified atom stereocenters. The van der Waals surface area contributed by atoms with E-state index in [2.05, 4.69) is 9.80 Å². The number of rotatable bonds is 10. The molecule has 0 spiro atoms. The first-order chi connectivity index (χ1) is 10.9. The van der Waals surface area contributed by atoms with E-state index in [1.807, 2.05) is 30.3 Å². The highest BCUT2D eigenvalue weighted by Crippen LogP contribution is 2.10. The number of unbranched alkanes of at least 4 members (excludes halogenated alkanes) is 2. The van der Waals surface area contributed by atoms with Crippen LogP contribution in [0, 0.1) is 0 Å². The summed E-state index contributed by atoms with van der Waals surface area (Å²) in [5, 5.41) is 0. The Hall–Kier alpha value is -0.810. The lowest BCUT2D eigenvalue weighted by molar-refractivity contribution is 0.130. The normalized spacial score (nSPS) is 16.0. The van der Waals surface area contributed by atoms with E-state index in [0.29, 0.717) is 0 Å². The van der Waals surface area contributed by atoms with Gasteiger partial charge in [0, 0.05) is 26.2 Å². The minimum absolute atomic E-state index is 0. The number of piperazine rings is 1. The highest BCUT2D eigenvalue weighted by atomic mass is 35.5. The number of nitrogens with zero attached hydrogens (tertiary/aromatic N) is 2. The van der Waals surface area contributed by atoms with Gasteiger partial charge in [0.25, 0.3) is 0 Å². The molecule has 0 bridgehead atoms. The molecule has 0 radical (unpaired) electrons. The summed E-state index contributed by atoms with van der Waals surface area (Å²) in [5.74, 6) is 0.983. The third-order valence-electron chi connectivity index (χ3n) is 4.27. The first-order valence-electron chi connectivity index (χ1n) is 8.71. The summed E-state index contributed by atoms with van der Waals surface area (Å²) in [5.41, 5.74) is 5.57. The molecular weight excluding hydrogens is 310 g/mol. The number of hydrogen-bond acceptors (Lipinski definition) is 4. The van der Waals surface area contributed by atoms with Gasteiger partial charge in [-0.05, 0) is 57.5 Å². The Labute approximate surface area is 147 Å². The van der Waals surface area contributed by atoms with Gasteiger partial charge in [0.05, 0.1) is 6.61 Å². The standard InChI is InChI=1S/C18H31N3O.ClH/c19-10-7-12-21-15-13-20(14-16-21)11-5-2-6-17-22-18-8-3-1-4-9-18;/h1,3-4,8-9H,2,5-7,10-17,19H2;1H. The fourth-order valence-electron chi connectivity index (χ4n) is 2.87. The molecule has 1 aromatic rings. The number of benzene rings is 1. The van der Waals surface area contributed by atoms with Gasteiger partial charge in [-0.3, -0.25) is 0 Å². The number of ether oxygens (including phenoxy) is 1. The van der Waals surface area contributed by atoms with Crippen molar-refractivity contribution in [2.24, 2.45) is 5.73 Å². The van der Waals surface area contributed by atoms with Crippen LogP contribution in [-0.4, -0.2) is 62.2 Å². The third-order valence-corrected chi connectivity index (χ3v) is 4.27. The van der Waals surface area contributed by atoms with Crippen LogP contribution < -0.4 is 10.5 Å². The van der Waals surface area contributed by atoms with Crippen molar-refractivity contribution in [3.63, 3.8) is 0 Å². The van der Waals surface area contributed by atoms with Crippen molar-refractivity contribution in [2.75, 3.05) is 52.4 Å². The smallest absolute Gasteiger partial charge is 0.119 e. The monoisotopic (exact) mass is 341 g/mol. The molecule has 0 aromatic heterocycles. The highest BCUT2D eigenvalue weighted by molar-refractivity contribution is 5.85. The van der Waals surface area contributed by atoms with Crippen molar-refractivity contribution < 1.29 is 4.74 Å². The Morgan fingerprint density at radius 2 is 1.43 bits per heavy atom. The fraction of sp³-hybridized carbons (Fsp3) is 0.667. The summed E-state index contributed by atoms with van der Waals surface area (Å²) in [6, 6.07) is 10.1. The van der Waals surface area contributed by atoms with Crippen molar-refractivity contribution in [1.29, 1.82) is 0 Å². The van der Waals surface area contributed by atoms with Crippen molar-refractivity contribution >= 4 is 12.4 Å². The second kappa shape index (κ2) is 12.6. The molecule has 23 heavy (non-hydrogen) atoms. The maximum atomic E-state index is 5.72. The molecule has 0 atom stereocenters. The van der Waals surface area contributed by atoms with Gasteiger partial charge in [-0.2, -0.15) is 0 Å². The third kappa shape index (κ3) is 8.56. The largest absolute Gasteiger partial charge is 0.494 e. The number of hydrogen-bond donors (Lipinski definition) is 1. The van der Waals surface area contributed by atoms with Gasteiger partial charge in [-0.1, -0.05) is 18.2 Å². The molecule has 132 valence electrons. The van der Waals surface area contributed by atoms with Gasteiger partial charge in [-0.15, -0.1) is 12.4 Å². The van der Waals surface area contributed by atoms with Crippen molar-refractivity contribution in [2.45, 2.75) is 25.7 Å². The number of para-hydroxylation sites is 1. The Kier molecular flexibility index (Phi) is 11.1. The van der Waals surface area contributed by atoms with E-state index < -0.39 is 0 Å². The summed E-state index contributed by atoms with van der Waals surface area (Å²) >= 11 is 0. The first kappa shape index (κ1) is 20.2. The van der Waals surface area contributed by atoms with Crippen LogP contribution >= 0.6 is 12.4 Å². The molecule has 0 aliphatic carbocycles. The zero-order valence-electron chi connectivity index (χ0n) is 14.2. The van der Waals surface area contributed by atoms with Crippen LogP contribution in [-0.2, 0) is 0 Å². The van der Waals surface area contributed by atoms with E-state index in [0.717, 1.165) is 31.7 Å². The summed E-state index contributed by atoms with van der Waals surface area (Å²) < 4.78 is 5.72. The Morgan fingerprint density at radius 3 is 2.04 bits per heavy atom. The van der Waals surface area contributed by atoms with Gasteiger partial charge in [0.2, 0.25) is 0 Å². The zero-order chi connectivity index (χ0) is 15.5. The molecule has 1 aliphatic rings. The summed E-state index contributed by atoms with van der Waals surface area (Å²) in [7, 11) is 0. The van der Waals surface area contributed by atoms with Gasteiger partial charge >= 0.3 is 0 Å². The van der Waals surface area contributed by atoms with Crippen LogP contribution in [0.3, 0.4) is 0 Å². The molecule has 4 nitrogen and oxygen atoms in total. The van der Waals surface area contributed by atoms with E-state index >= 15 is 0 Å². The fourth-order valence-corrected chi connectivity index (χ4v) is 2.87. The summed E-state index contributed by atoms with van der Waals surface area (Å²) in [6.07, 6.45) is 4.80. The number of halogens is 1. The molecule has 1 heterocycles. The van der Waals surface area contributed by atoms with E-state index in [4.69, 9.17) is 10.5 Å². The minimum Gasteiger partial charge on any atom is -0.494 e. The van der Waals surface area contributed by atoms with Gasteiger partial charge < -0.3 is 20.3 Å². The molecule has 2 N–H and O–H groups in total. The van der Waals surface area contributed by atoms with E-state index in [1.165, 1.54) is 52.1 Å². The molecule has 1 aromatic carbocycles. The molecule has 1 saturated heterocycles. The lowest BCUT2D eigenvalue weighted by Gasteiger charge is -2.34. The van der Waals surface area contributed by atoms with Gasteiger partial charge in [0.1, 0.15) is 5.75 Å². The lowest BCUT2D eigenvalue weighted by atomic mass is 10.2. The molecular formula is C18H32ClN3O. The van der Waals surface area contributed by atoms with E-state index in [-0.39, 0.29) is 12.4 Å². The second-order valence-electron chi connectivity index (χ2n) is 6.05. The Morgan fingerprint density at radius 1 is 0.826 bits per heavy atom. The highest BCUT2D eigenvalue weighted by Gasteiger charge is 2.15. The van der Waals surface area contributed by atoms with Gasteiger partial charge in [0.15, 0.2) is 0 Å². The van der Waals surface area contributed by atoms with Crippen molar-refractivity contribution in [3.8, 4) is 5.75 Å². The molecule has 1 aliphatic heterocycles. The van der Waals surface area contributed by atoms with Crippen molar-refractivity contribution in [1.82, 2.24) is 9.80 Å². The Bertz CT molecular complexity index is 383. The quantitative estimate of drug-likeness (QED) is 0.664. The summed E-state index contributed by atoms with van der Waals surface area (Å²) in [4.78, 5) is 5.13. The van der Waals surface area contributed by atoms with Crippen LogP contribution in [0.5, 0.6) is 5.75 Å². The van der Waals surface area contributed by atoms with E-state index in [9.17, 15) is 0 Å².